The van der Waals surface area contributed by atoms with Crippen LogP contribution in [0.2, 0.25) is 0 Å². The van der Waals surface area contributed by atoms with E-state index in [0.717, 1.165) is 12.8 Å². The van der Waals surface area contributed by atoms with E-state index in [1.165, 1.54) is 5.57 Å². The third kappa shape index (κ3) is 5.21. The fourth-order valence-corrected chi connectivity index (χ4v) is 4.02. The monoisotopic (exact) mass is 259 g/mol. The summed E-state index contributed by atoms with van der Waals surface area (Å²) in [6.45, 7) is 6.29. The van der Waals surface area contributed by atoms with Gasteiger partial charge in [0.05, 0.1) is 5.75 Å². The number of nitrogens with two attached hydrogens (primary N) is 1. The van der Waals surface area contributed by atoms with E-state index in [0.29, 0.717) is 18.6 Å². The predicted octanol–water partition coefficient (Wildman–Crippen LogP) is 2.28. The SMILES string of the molecule is CCCS(=O)(=O)CCC1=CC(N)CC(C)(C)C1. The van der Waals surface area contributed by atoms with Crippen LogP contribution in [0, 0.1) is 5.41 Å². The van der Waals surface area contributed by atoms with Crippen molar-refractivity contribution >= 4 is 9.84 Å². The number of hydrogen-bond acceptors (Lipinski definition) is 3. The second kappa shape index (κ2) is 5.53. The number of allylic oxidation sites excluding steroid dienone is 1. The summed E-state index contributed by atoms with van der Waals surface area (Å²) in [7, 11) is -2.87. The zero-order chi connectivity index (χ0) is 13.1. The van der Waals surface area contributed by atoms with E-state index in [-0.39, 0.29) is 17.2 Å². The molecule has 4 heteroatoms. The van der Waals surface area contributed by atoms with Crippen LogP contribution < -0.4 is 5.73 Å². The van der Waals surface area contributed by atoms with E-state index in [4.69, 9.17) is 5.73 Å². The Morgan fingerprint density at radius 3 is 2.59 bits per heavy atom. The van der Waals surface area contributed by atoms with Gasteiger partial charge in [-0.25, -0.2) is 8.42 Å². The van der Waals surface area contributed by atoms with Gasteiger partial charge in [-0.2, -0.15) is 0 Å². The predicted molar refractivity (Wildman–Crippen MR) is 72.6 cm³/mol. The van der Waals surface area contributed by atoms with Gasteiger partial charge in [-0.05, 0) is 31.1 Å². The normalized spacial score (nSPS) is 24.5. The van der Waals surface area contributed by atoms with Crippen LogP contribution in [0.1, 0.15) is 46.5 Å². The van der Waals surface area contributed by atoms with E-state index in [2.05, 4.69) is 19.9 Å². The lowest BCUT2D eigenvalue weighted by molar-refractivity contribution is 0.299. The minimum absolute atomic E-state index is 0.0858. The van der Waals surface area contributed by atoms with Gasteiger partial charge in [-0.1, -0.05) is 32.4 Å². The van der Waals surface area contributed by atoms with Gasteiger partial charge < -0.3 is 5.73 Å². The Balaban J connectivity index is 2.58. The first-order valence-corrected chi connectivity index (χ1v) is 8.22. The highest BCUT2D eigenvalue weighted by molar-refractivity contribution is 7.91. The van der Waals surface area contributed by atoms with Crippen LogP contribution >= 0.6 is 0 Å². The highest BCUT2D eigenvalue weighted by Gasteiger charge is 2.27. The lowest BCUT2D eigenvalue weighted by Gasteiger charge is -2.33. The molecule has 0 saturated carbocycles. The summed E-state index contributed by atoms with van der Waals surface area (Å²) in [5, 5.41) is 0. The van der Waals surface area contributed by atoms with Gasteiger partial charge >= 0.3 is 0 Å². The first kappa shape index (κ1) is 14.7. The Morgan fingerprint density at radius 1 is 1.41 bits per heavy atom. The average Bonchev–Trinajstić information content (AvgIpc) is 2.11. The van der Waals surface area contributed by atoms with Crippen molar-refractivity contribution in [2.75, 3.05) is 11.5 Å². The molecular weight excluding hydrogens is 234 g/mol. The van der Waals surface area contributed by atoms with Crippen molar-refractivity contribution in [3.8, 4) is 0 Å². The Kier molecular flexibility index (Phi) is 4.78. The number of sulfone groups is 1. The lowest BCUT2D eigenvalue weighted by atomic mass is 9.75. The van der Waals surface area contributed by atoms with Crippen molar-refractivity contribution in [3.63, 3.8) is 0 Å². The Labute approximate surface area is 105 Å². The molecule has 0 aliphatic heterocycles. The molecule has 2 N–H and O–H groups in total. The molecule has 1 rings (SSSR count). The van der Waals surface area contributed by atoms with Crippen molar-refractivity contribution in [2.45, 2.75) is 52.5 Å². The van der Waals surface area contributed by atoms with Gasteiger partial charge in [0.15, 0.2) is 9.84 Å². The third-order valence-electron chi connectivity index (χ3n) is 3.19. The minimum atomic E-state index is -2.87. The van der Waals surface area contributed by atoms with E-state index in [1.54, 1.807) is 0 Å². The summed E-state index contributed by atoms with van der Waals surface area (Å²) >= 11 is 0. The van der Waals surface area contributed by atoms with Crippen molar-refractivity contribution in [1.29, 1.82) is 0 Å². The molecule has 100 valence electrons. The largest absolute Gasteiger partial charge is 0.324 e. The molecule has 0 aromatic carbocycles. The average molecular weight is 259 g/mol. The molecule has 3 nitrogen and oxygen atoms in total. The van der Waals surface area contributed by atoms with E-state index in [1.807, 2.05) is 6.92 Å². The van der Waals surface area contributed by atoms with Gasteiger partial charge in [-0.15, -0.1) is 0 Å². The van der Waals surface area contributed by atoms with E-state index >= 15 is 0 Å². The van der Waals surface area contributed by atoms with Crippen LogP contribution in [0.15, 0.2) is 11.6 Å². The maximum Gasteiger partial charge on any atom is 0.150 e. The van der Waals surface area contributed by atoms with Gasteiger partial charge in [-0.3, -0.25) is 0 Å². The fraction of sp³-hybridized carbons (Fsp3) is 0.846. The van der Waals surface area contributed by atoms with Crippen molar-refractivity contribution in [1.82, 2.24) is 0 Å². The lowest BCUT2D eigenvalue weighted by Crippen LogP contribution is -2.31. The third-order valence-corrected chi connectivity index (χ3v) is 5.05. The Bertz CT molecular complexity index is 382. The van der Waals surface area contributed by atoms with Crippen LogP contribution in [0.25, 0.3) is 0 Å². The first-order valence-electron chi connectivity index (χ1n) is 6.40. The minimum Gasteiger partial charge on any atom is -0.324 e. The van der Waals surface area contributed by atoms with Crippen molar-refractivity contribution in [2.24, 2.45) is 11.1 Å². The van der Waals surface area contributed by atoms with Gasteiger partial charge in [0.25, 0.3) is 0 Å². The first-order chi connectivity index (χ1) is 7.74. The Hall–Kier alpha value is -0.350. The smallest absolute Gasteiger partial charge is 0.150 e. The second-order valence-electron chi connectivity index (χ2n) is 5.94. The molecule has 0 heterocycles. The molecule has 0 fully saturated rings. The molecule has 0 spiro atoms. The second-order valence-corrected chi connectivity index (χ2v) is 8.24. The molecule has 0 bridgehead atoms. The number of hydrogen-bond donors (Lipinski definition) is 1. The van der Waals surface area contributed by atoms with Crippen molar-refractivity contribution in [3.05, 3.63) is 11.6 Å². The highest BCUT2D eigenvalue weighted by Crippen LogP contribution is 2.35. The molecular formula is C13H25NO2S. The quantitative estimate of drug-likeness (QED) is 0.771. The summed E-state index contributed by atoms with van der Waals surface area (Å²) in [6, 6.07) is 0.0858. The van der Waals surface area contributed by atoms with Gasteiger partial charge in [0.1, 0.15) is 0 Å². The van der Waals surface area contributed by atoms with Crippen LogP contribution in [-0.4, -0.2) is 26.0 Å². The zero-order valence-electron chi connectivity index (χ0n) is 11.2. The van der Waals surface area contributed by atoms with Crippen LogP contribution in [0.3, 0.4) is 0 Å². The molecule has 1 aliphatic rings. The molecule has 0 amide bonds. The van der Waals surface area contributed by atoms with E-state index in [9.17, 15) is 8.42 Å². The summed E-state index contributed by atoms with van der Waals surface area (Å²) < 4.78 is 23.3. The van der Waals surface area contributed by atoms with Crippen molar-refractivity contribution < 1.29 is 8.42 Å². The zero-order valence-corrected chi connectivity index (χ0v) is 12.0. The summed E-state index contributed by atoms with van der Waals surface area (Å²) in [5.74, 6) is 0.575. The van der Waals surface area contributed by atoms with E-state index < -0.39 is 9.84 Å². The van der Waals surface area contributed by atoms with Gasteiger partial charge in [0, 0.05) is 11.8 Å². The summed E-state index contributed by atoms with van der Waals surface area (Å²) in [5.41, 5.74) is 7.40. The standard InChI is InChI=1S/C13H25NO2S/c1-4-6-17(15,16)7-5-11-8-12(14)10-13(2,3)9-11/h8,12H,4-7,9-10,14H2,1-3H3. The molecule has 0 radical (unpaired) electrons. The maximum atomic E-state index is 11.7. The Morgan fingerprint density at radius 2 is 2.06 bits per heavy atom. The fourth-order valence-electron chi connectivity index (χ4n) is 2.62. The molecule has 1 aliphatic carbocycles. The highest BCUT2D eigenvalue weighted by atomic mass is 32.2. The molecule has 1 unspecified atom stereocenters. The molecule has 1 atom stereocenters. The number of rotatable bonds is 5. The topological polar surface area (TPSA) is 60.2 Å². The summed E-state index contributed by atoms with van der Waals surface area (Å²) in [4.78, 5) is 0. The summed E-state index contributed by atoms with van der Waals surface area (Å²) in [6.07, 6.45) is 5.37. The maximum absolute atomic E-state index is 11.7. The van der Waals surface area contributed by atoms with Gasteiger partial charge in [0.2, 0.25) is 0 Å². The molecule has 0 aromatic rings. The molecule has 17 heavy (non-hydrogen) atoms. The van der Waals surface area contributed by atoms with Crippen LogP contribution in [-0.2, 0) is 9.84 Å². The van der Waals surface area contributed by atoms with Crippen LogP contribution in [0.5, 0.6) is 0 Å². The van der Waals surface area contributed by atoms with Crippen LogP contribution in [0.4, 0.5) is 0 Å². The molecule has 0 saturated heterocycles. The molecule has 0 aromatic heterocycles.